The summed E-state index contributed by atoms with van der Waals surface area (Å²) in [5, 5.41) is 3.86. The SMILES string of the molecule is CC.CC.C[C@H](COc1ccc(Nc2nc(N)c(C(=O)c3cccc(C4CC4)c3)s2)cc1)N1CCCC1. The van der Waals surface area contributed by atoms with E-state index in [1.54, 1.807) is 0 Å². The van der Waals surface area contributed by atoms with Crippen molar-refractivity contribution in [3.05, 3.63) is 64.5 Å². The Morgan fingerprint density at radius 1 is 1.11 bits per heavy atom. The molecule has 5 rings (SSSR count). The van der Waals surface area contributed by atoms with E-state index in [0.29, 0.717) is 34.1 Å². The molecule has 1 aliphatic heterocycles. The number of hydrogen-bond acceptors (Lipinski definition) is 7. The summed E-state index contributed by atoms with van der Waals surface area (Å²) < 4.78 is 5.97. The number of ether oxygens (including phenoxy) is 1. The Morgan fingerprint density at radius 3 is 2.43 bits per heavy atom. The molecule has 0 radical (unpaired) electrons. The van der Waals surface area contributed by atoms with E-state index in [0.717, 1.165) is 11.4 Å². The normalized spacial score (nSPS) is 15.6. The van der Waals surface area contributed by atoms with E-state index in [2.05, 4.69) is 28.2 Å². The number of carbonyl (C=O) groups excluding carboxylic acids is 1. The fourth-order valence-corrected chi connectivity index (χ4v) is 5.16. The van der Waals surface area contributed by atoms with E-state index < -0.39 is 0 Å². The number of ketones is 1. The number of thiazole rings is 1. The van der Waals surface area contributed by atoms with E-state index in [1.807, 2.05) is 70.2 Å². The van der Waals surface area contributed by atoms with Crippen LogP contribution in [0.1, 0.15) is 87.0 Å². The molecule has 1 atom stereocenters. The number of nitrogens with two attached hydrogens (primary N) is 1. The lowest BCUT2D eigenvalue weighted by atomic mass is 10.0. The van der Waals surface area contributed by atoms with Crippen LogP contribution >= 0.6 is 11.3 Å². The first-order valence-corrected chi connectivity index (χ1v) is 14.5. The monoisotopic (exact) mass is 522 g/mol. The Morgan fingerprint density at radius 2 is 1.78 bits per heavy atom. The van der Waals surface area contributed by atoms with Gasteiger partial charge in [0.1, 0.15) is 23.1 Å². The Labute approximate surface area is 226 Å². The molecule has 1 aromatic heterocycles. The molecular formula is C30H42N4O2S. The van der Waals surface area contributed by atoms with Crippen LogP contribution in [0.5, 0.6) is 5.75 Å². The minimum atomic E-state index is -0.0728. The van der Waals surface area contributed by atoms with Gasteiger partial charge in [0, 0.05) is 17.3 Å². The van der Waals surface area contributed by atoms with Gasteiger partial charge in [0.2, 0.25) is 5.78 Å². The molecule has 3 aromatic rings. The quantitative estimate of drug-likeness (QED) is 0.283. The van der Waals surface area contributed by atoms with Gasteiger partial charge in [-0.05, 0) is 87.5 Å². The maximum Gasteiger partial charge on any atom is 0.206 e. The standard InChI is InChI=1S/C26H30N4O2S.2C2H6/c1-17(30-13-2-3-14-30)16-32-22-11-9-21(10-12-22)28-26-29-25(27)24(33-26)23(31)20-6-4-5-19(15-20)18-7-8-18;2*1-2/h4-6,9-12,15,17-18H,2-3,7-8,13-14,16,27H2,1H3,(H,28,29);2*1-2H3/t17-;;/m1../s1. The summed E-state index contributed by atoms with van der Waals surface area (Å²) in [4.78, 5) is 20.4. The van der Waals surface area contributed by atoms with Crippen molar-refractivity contribution in [2.75, 3.05) is 30.7 Å². The van der Waals surface area contributed by atoms with Crippen LogP contribution in [-0.4, -0.2) is 41.4 Å². The number of nitrogen functional groups attached to an aromatic ring is 1. The predicted octanol–water partition coefficient (Wildman–Crippen LogP) is 7.49. The molecule has 3 N–H and O–H groups in total. The van der Waals surface area contributed by atoms with Gasteiger partial charge in [-0.15, -0.1) is 0 Å². The van der Waals surface area contributed by atoms with Crippen LogP contribution in [0.3, 0.4) is 0 Å². The van der Waals surface area contributed by atoms with E-state index >= 15 is 0 Å². The predicted molar refractivity (Wildman–Crippen MR) is 157 cm³/mol. The molecule has 37 heavy (non-hydrogen) atoms. The first-order valence-electron chi connectivity index (χ1n) is 13.7. The summed E-state index contributed by atoms with van der Waals surface area (Å²) in [6, 6.07) is 16.1. The summed E-state index contributed by atoms with van der Waals surface area (Å²) in [7, 11) is 0. The van der Waals surface area contributed by atoms with Crippen molar-refractivity contribution < 1.29 is 9.53 Å². The molecule has 0 bridgehead atoms. The van der Waals surface area contributed by atoms with Gasteiger partial charge in [-0.3, -0.25) is 9.69 Å². The van der Waals surface area contributed by atoms with Crippen molar-refractivity contribution in [2.24, 2.45) is 0 Å². The largest absolute Gasteiger partial charge is 0.492 e. The van der Waals surface area contributed by atoms with Gasteiger partial charge >= 0.3 is 0 Å². The summed E-state index contributed by atoms with van der Waals surface area (Å²) in [6.45, 7) is 13.2. The van der Waals surface area contributed by atoms with Crippen LogP contribution in [0, 0.1) is 0 Å². The highest BCUT2D eigenvalue weighted by molar-refractivity contribution is 7.18. The lowest BCUT2D eigenvalue weighted by Gasteiger charge is -2.23. The zero-order valence-electron chi connectivity index (χ0n) is 22.9. The number of rotatable bonds is 9. The smallest absolute Gasteiger partial charge is 0.206 e. The number of aromatic nitrogens is 1. The number of carbonyl (C=O) groups is 1. The molecule has 2 fully saturated rings. The summed E-state index contributed by atoms with van der Waals surface area (Å²) in [5.41, 5.74) is 8.88. The third kappa shape index (κ3) is 7.79. The number of benzene rings is 2. The molecule has 0 unspecified atom stereocenters. The van der Waals surface area contributed by atoms with Crippen LogP contribution in [0.2, 0.25) is 0 Å². The molecule has 2 aromatic carbocycles. The van der Waals surface area contributed by atoms with Crippen LogP contribution < -0.4 is 15.8 Å². The maximum absolute atomic E-state index is 13.0. The number of nitrogens with one attached hydrogen (secondary N) is 1. The Balaban J connectivity index is 0.000000907. The maximum atomic E-state index is 13.0. The molecule has 0 spiro atoms. The van der Waals surface area contributed by atoms with Gasteiger partial charge in [-0.25, -0.2) is 4.98 Å². The second-order valence-electron chi connectivity index (χ2n) is 9.01. The third-order valence-corrected chi connectivity index (χ3v) is 7.40. The van der Waals surface area contributed by atoms with Crippen LogP contribution in [0.15, 0.2) is 48.5 Å². The average Bonchev–Trinajstić information content (AvgIpc) is 3.53. The van der Waals surface area contributed by atoms with Crippen molar-refractivity contribution in [3.63, 3.8) is 0 Å². The van der Waals surface area contributed by atoms with Gasteiger partial charge in [0.05, 0.1) is 0 Å². The molecule has 1 saturated heterocycles. The Bertz CT molecular complexity index is 1120. The van der Waals surface area contributed by atoms with E-state index in [4.69, 9.17) is 10.5 Å². The zero-order chi connectivity index (χ0) is 26.8. The van der Waals surface area contributed by atoms with Gasteiger partial charge in [-0.2, -0.15) is 0 Å². The second kappa shape index (κ2) is 14.1. The topological polar surface area (TPSA) is 80.5 Å². The molecule has 2 heterocycles. The van der Waals surface area contributed by atoms with Crippen molar-refractivity contribution in [3.8, 4) is 5.75 Å². The van der Waals surface area contributed by atoms with Crippen LogP contribution in [-0.2, 0) is 0 Å². The van der Waals surface area contributed by atoms with Gasteiger partial charge in [-0.1, -0.05) is 57.2 Å². The summed E-state index contributed by atoms with van der Waals surface area (Å²) in [5.74, 6) is 1.64. The highest BCUT2D eigenvalue weighted by Gasteiger charge is 2.25. The van der Waals surface area contributed by atoms with E-state index in [1.165, 1.54) is 55.7 Å². The molecule has 6 nitrogen and oxygen atoms in total. The molecule has 1 saturated carbocycles. The summed E-state index contributed by atoms with van der Waals surface area (Å²) in [6.07, 6.45) is 4.98. The highest BCUT2D eigenvalue weighted by Crippen LogP contribution is 2.40. The number of hydrogen-bond donors (Lipinski definition) is 2. The average molecular weight is 523 g/mol. The van der Waals surface area contributed by atoms with Crippen LogP contribution in [0.4, 0.5) is 16.6 Å². The number of nitrogens with zero attached hydrogens (tertiary/aromatic N) is 2. The zero-order valence-corrected chi connectivity index (χ0v) is 23.7. The minimum absolute atomic E-state index is 0.0728. The minimum Gasteiger partial charge on any atom is -0.492 e. The van der Waals surface area contributed by atoms with Crippen molar-refractivity contribution in [1.29, 1.82) is 0 Å². The number of anilines is 3. The first-order chi connectivity index (χ1) is 18.1. The van der Waals surface area contributed by atoms with Gasteiger partial charge in [0.15, 0.2) is 5.13 Å². The second-order valence-corrected chi connectivity index (χ2v) is 10.0. The van der Waals surface area contributed by atoms with Crippen molar-refractivity contribution >= 4 is 33.8 Å². The van der Waals surface area contributed by atoms with Gasteiger partial charge in [0.25, 0.3) is 0 Å². The fraction of sp³-hybridized carbons (Fsp3) is 0.467. The molecule has 0 amide bonds. The van der Waals surface area contributed by atoms with E-state index in [-0.39, 0.29) is 11.6 Å². The van der Waals surface area contributed by atoms with Crippen LogP contribution in [0.25, 0.3) is 0 Å². The highest BCUT2D eigenvalue weighted by atomic mass is 32.1. The molecule has 200 valence electrons. The lowest BCUT2D eigenvalue weighted by molar-refractivity contribution is 0.104. The summed E-state index contributed by atoms with van der Waals surface area (Å²) >= 11 is 1.29. The van der Waals surface area contributed by atoms with Crippen molar-refractivity contribution in [2.45, 2.75) is 72.3 Å². The lowest BCUT2D eigenvalue weighted by Crippen LogP contribution is -2.34. The fourth-order valence-electron chi connectivity index (χ4n) is 4.29. The molecule has 7 heteroatoms. The van der Waals surface area contributed by atoms with Gasteiger partial charge < -0.3 is 15.8 Å². The van der Waals surface area contributed by atoms with Crippen molar-refractivity contribution in [1.82, 2.24) is 9.88 Å². The third-order valence-electron chi connectivity index (χ3n) is 6.42. The molecule has 2 aliphatic rings. The first kappa shape index (κ1) is 28.7. The molecular weight excluding hydrogens is 480 g/mol. The molecule has 1 aliphatic carbocycles. The Hall–Kier alpha value is -2.90. The Kier molecular flexibility index (Phi) is 11.0. The van der Waals surface area contributed by atoms with E-state index in [9.17, 15) is 4.79 Å². The number of likely N-dealkylation sites (tertiary alicyclic amines) is 1.